The lowest BCUT2D eigenvalue weighted by Crippen LogP contribution is -2.05. The van der Waals surface area contributed by atoms with Gasteiger partial charge in [-0.1, -0.05) is 0 Å². The average Bonchev–Trinajstić information content (AvgIpc) is 1.85. The first-order chi connectivity index (χ1) is 5.18. The number of hydrogen-bond donors (Lipinski definition) is 1. The van der Waals surface area contributed by atoms with Crippen molar-refractivity contribution in [2.75, 3.05) is 0 Å². The summed E-state index contributed by atoms with van der Waals surface area (Å²) in [6, 6.07) is 2.61. The molecule has 0 aliphatic rings. The van der Waals surface area contributed by atoms with Gasteiger partial charge in [0.15, 0.2) is 0 Å². The molecule has 0 saturated carbocycles. The second-order valence-electron chi connectivity index (χ2n) is 2.52. The topological polar surface area (TPSA) is 33.1 Å². The summed E-state index contributed by atoms with van der Waals surface area (Å²) in [5, 5.41) is 8.93. The molecule has 0 fully saturated rings. The molecule has 0 saturated heterocycles. The highest BCUT2D eigenvalue weighted by Gasteiger charge is 2.00. The Labute approximate surface area is 64.7 Å². The molecule has 0 aliphatic carbocycles. The Kier molecular flexibility index (Phi) is 2.54. The average molecular weight is 155 g/mol. The minimum absolute atomic E-state index is 0.310. The van der Waals surface area contributed by atoms with Gasteiger partial charge in [0.2, 0.25) is 0 Å². The molecule has 1 aromatic rings. The molecule has 1 heterocycles. The first-order valence-corrected chi connectivity index (χ1v) is 3.47. The molecule has 0 radical (unpaired) electrons. The standard InChI is InChI=1S/C8H10FNO/c1-6(11)4-8-5-7(9)2-3-10-8/h2-3,5-6,11H,4H2,1H3/t6-/m1/s1. The molecule has 0 aromatic carbocycles. The van der Waals surface area contributed by atoms with Gasteiger partial charge in [-0.2, -0.15) is 0 Å². The van der Waals surface area contributed by atoms with E-state index < -0.39 is 6.10 Å². The second kappa shape index (κ2) is 3.44. The zero-order valence-corrected chi connectivity index (χ0v) is 6.29. The molecule has 1 rings (SSSR count). The molecule has 1 aromatic heterocycles. The summed E-state index contributed by atoms with van der Waals surface area (Å²) in [5.41, 5.74) is 0.583. The number of aliphatic hydroxyl groups excluding tert-OH is 1. The van der Waals surface area contributed by atoms with Crippen molar-refractivity contribution in [3.63, 3.8) is 0 Å². The summed E-state index contributed by atoms with van der Waals surface area (Å²) < 4.78 is 12.5. The fourth-order valence-electron chi connectivity index (χ4n) is 0.863. The lowest BCUT2D eigenvalue weighted by molar-refractivity contribution is 0.194. The summed E-state index contributed by atoms with van der Waals surface area (Å²) in [4.78, 5) is 3.88. The zero-order chi connectivity index (χ0) is 8.27. The number of pyridine rings is 1. The monoisotopic (exact) mass is 155 g/mol. The maximum Gasteiger partial charge on any atom is 0.126 e. The third-order valence-corrected chi connectivity index (χ3v) is 1.28. The Bertz CT molecular complexity index is 237. The third-order valence-electron chi connectivity index (χ3n) is 1.28. The molecule has 3 heteroatoms. The number of nitrogens with zero attached hydrogens (tertiary/aromatic N) is 1. The highest BCUT2D eigenvalue weighted by Crippen LogP contribution is 2.02. The van der Waals surface area contributed by atoms with E-state index in [4.69, 9.17) is 5.11 Å². The lowest BCUT2D eigenvalue weighted by atomic mass is 10.2. The van der Waals surface area contributed by atoms with Crippen LogP contribution in [0.25, 0.3) is 0 Å². The molecule has 0 unspecified atom stereocenters. The molecule has 11 heavy (non-hydrogen) atoms. The van der Waals surface area contributed by atoms with Gasteiger partial charge in [-0.3, -0.25) is 4.98 Å². The van der Waals surface area contributed by atoms with Gasteiger partial charge in [0, 0.05) is 18.3 Å². The first-order valence-electron chi connectivity index (χ1n) is 3.47. The van der Waals surface area contributed by atoms with Crippen molar-refractivity contribution < 1.29 is 9.50 Å². The van der Waals surface area contributed by atoms with Crippen molar-refractivity contribution in [1.29, 1.82) is 0 Å². The maximum absolute atomic E-state index is 12.5. The Morgan fingerprint density at radius 1 is 1.73 bits per heavy atom. The van der Waals surface area contributed by atoms with Crippen LogP contribution in [0.4, 0.5) is 4.39 Å². The molecular formula is C8H10FNO. The van der Waals surface area contributed by atoms with Gasteiger partial charge in [0.1, 0.15) is 5.82 Å². The number of aliphatic hydroxyl groups is 1. The second-order valence-corrected chi connectivity index (χ2v) is 2.52. The molecular weight excluding hydrogens is 145 g/mol. The van der Waals surface area contributed by atoms with Gasteiger partial charge in [-0.25, -0.2) is 4.39 Å². The van der Waals surface area contributed by atoms with Crippen LogP contribution >= 0.6 is 0 Å². The predicted molar refractivity (Wildman–Crippen MR) is 39.6 cm³/mol. The van der Waals surface area contributed by atoms with E-state index in [1.807, 2.05) is 0 Å². The van der Waals surface area contributed by atoms with Crippen LogP contribution in [0, 0.1) is 5.82 Å². The van der Waals surface area contributed by atoms with E-state index in [9.17, 15) is 4.39 Å². The molecule has 60 valence electrons. The number of hydrogen-bond acceptors (Lipinski definition) is 2. The van der Waals surface area contributed by atoms with E-state index in [1.165, 1.54) is 18.3 Å². The van der Waals surface area contributed by atoms with Crippen molar-refractivity contribution in [2.45, 2.75) is 19.4 Å². The van der Waals surface area contributed by atoms with Crippen LogP contribution in [0.1, 0.15) is 12.6 Å². The Balaban J connectivity index is 2.71. The van der Waals surface area contributed by atoms with E-state index in [-0.39, 0.29) is 5.82 Å². The molecule has 1 atom stereocenters. The molecule has 0 bridgehead atoms. The lowest BCUT2D eigenvalue weighted by Gasteiger charge is -2.01. The van der Waals surface area contributed by atoms with E-state index in [1.54, 1.807) is 6.92 Å². The quantitative estimate of drug-likeness (QED) is 0.694. The number of aromatic nitrogens is 1. The first kappa shape index (κ1) is 8.14. The van der Waals surface area contributed by atoms with E-state index >= 15 is 0 Å². The molecule has 0 aliphatic heterocycles. The maximum atomic E-state index is 12.5. The number of rotatable bonds is 2. The van der Waals surface area contributed by atoms with Crippen molar-refractivity contribution in [3.8, 4) is 0 Å². The van der Waals surface area contributed by atoms with Crippen LogP contribution < -0.4 is 0 Å². The Hall–Kier alpha value is -0.960. The van der Waals surface area contributed by atoms with Crippen molar-refractivity contribution in [3.05, 3.63) is 29.8 Å². The summed E-state index contributed by atoms with van der Waals surface area (Å²) in [6.07, 6.45) is 1.33. The molecule has 1 N–H and O–H groups in total. The molecule has 2 nitrogen and oxygen atoms in total. The minimum Gasteiger partial charge on any atom is -0.393 e. The van der Waals surface area contributed by atoms with Gasteiger partial charge < -0.3 is 5.11 Å². The van der Waals surface area contributed by atoms with Crippen LogP contribution in [0.3, 0.4) is 0 Å². The fourth-order valence-corrected chi connectivity index (χ4v) is 0.863. The van der Waals surface area contributed by atoms with E-state index in [0.29, 0.717) is 12.1 Å². The largest absolute Gasteiger partial charge is 0.393 e. The van der Waals surface area contributed by atoms with Crippen LogP contribution in [-0.2, 0) is 6.42 Å². The van der Waals surface area contributed by atoms with Crippen molar-refractivity contribution in [2.24, 2.45) is 0 Å². The van der Waals surface area contributed by atoms with Crippen molar-refractivity contribution >= 4 is 0 Å². The molecule has 0 spiro atoms. The van der Waals surface area contributed by atoms with Crippen LogP contribution in [-0.4, -0.2) is 16.2 Å². The predicted octanol–water partition coefficient (Wildman–Crippen LogP) is 1.14. The molecule has 0 amide bonds. The minimum atomic E-state index is -0.468. The third kappa shape index (κ3) is 2.63. The summed E-state index contributed by atoms with van der Waals surface area (Å²) in [5.74, 6) is -0.310. The van der Waals surface area contributed by atoms with Crippen LogP contribution in [0.15, 0.2) is 18.3 Å². The summed E-state index contributed by atoms with van der Waals surface area (Å²) in [6.45, 7) is 1.65. The normalized spacial score (nSPS) is 13.0. The smallest absolute Gasteiger partial charge is 0.126 e. The van der Waals surface area contributed by atoms with Gasteiger partial charge in [-0.05, 0) is 19.1 Å². The Morgan fingerprint density at radius 2 is 2.45 bits per heavy atom. The van der Waals surface area contributed by atoms with Gasteiger partial charge in [0.05, 0.1) is 6.10 Å². The van der Waals surface area contributed by atoms with Gasteiger partial charge >= 0.3 is 0 Å². The van der Waals surface area contributed by atoms with Crippen LogP contribution in [0.5, 0.6) is 0 Å². The van der Waals surface area contributed by atoms with E-state index in [0.717, 1.165) is 0 Å². The highest BCUT2D eigenvalue weighted by atomic mass is 19.1. The SMILES string of the molecule is C[C@@H](O)Cc1cc(F)ccn1. The summed E-state index contributed by atoms with van der Waals surface area (Å²) >= 11 is 0. The Morgan fingerprint density at radius 3 is 3.00 bits per heavy atom. The van der Waals surface area contributed by atoms with Gasteiger partial charge in [0.25, 0.3) is 0 Å². The van der Waals surface area contributed by atoms with Gasteiger partial charge in [-0.15, -0.1) is 0 Å². The highest BCUT2D eigenvalue weighted by molar-refractivity contribution is 5.06. The number of halogens is 1. The summed E-state index contributed by atoms with van der Waals surface area (Å²) in [7, 11) is 0. The van der Waals surface area contributed by atoms with E-state index in [2.05, 4.69) is 4.98 Å². The van der Waals surface area contributed by atoms with Crippen molar-refractivity contribution in [1.82, 2.24) is 4.98 Å². The fraction of sp³-hybridized carbons (Fsp3) is 0.375. The zero-order valence-electron chi connectivity index (χ0n) is 6.29. The van der Waals surface area contributed by atoms with Crippen LogP contribution in [0.2, 0.25) is 0 Å².